The molecule has 7 nitrogen and oxygen atoms in total. The van der Waals surface area contributed by atoms with Crippen LogP contribution in [0, 0.1) is 0 Å². The number of morpholine rings is 1. The SMILES string of the molecule is C[C@@H]1CN(c2ccnc(C(=O)NC3(Cc4ccn(C)n4)CC3)c2)CCO1. The van der Waals surface area contributed by atoms with E-state index in [1.54, 1.807) is 10.9 Å². The van der Waals surface area contributed by atoms with E-state index in [1.165, 1.54) is 0 Å². The molecule has 1 aliphatic heterocycles. The van der Waals surface area contributed by atoms with Gasteiger partial charge >= 0.3 is 0 Å². The lowest BCUT2D eigenvalue weighted by molar-refractivity contribution is 0.0532. The molecule has 0 bridgehead atoms. The molecule has 0 unspecified atom stereocenters. The number of hydrogen-bond acceptors (Lipinski definition) is 5. The van der Waals surface area contributed by atoms with Gasteiger partial charge in [-0.1, -0.05) is 0 Å². The molecule has 1 N–H and O–H groups in total. The zero-order valence-electron chi connectivity index (χ0n) is 15.3. The first-order valence-corrected chi connectivity index (χ1v) is 9.17. The van der Waals surface area contributed by atoms with E-state index in [4.69, 9.17) is 4.74 Å². The number of carbonyl (C=O) groups is 1. The standard InChI is InChI=1S/C19H25N5O2/c1-14-13-24(9-10-26-14)16-3-7-20-17(11-16)18(25)21-19(5-6-19)12-15-4-8-23(2)22-15/h3-4,7-8,11,14H,5-6,9-10,12-13H2,1-2H3,(H,21,25)/t14-/m1/s1. The molecule has 138 valence electrons. The monoisotopic (exact) mass is 355 g/mol. The van der Waals surface area contributed by atoms with Crippen LogP contribution in [0.25, 0.3) is 0 Å². The highest BCUT2D eigenvalue weighted by atomic mass is 16.5. The van der Waals surface area contributed by atoms with Gasteiger partial charge in [0.25, 0.3) is 5.91 Å². The predicted octanol–water partition coefficient (Wildman–Crippen LogP) is 1.55. The summed E-state index contributed by atoms with van der Waals surface area (Å²) in [6, 6.07) is 5.84. The fraction of sp³-hybridized carbons (Fsp3) is 0.526. The van der Waals surface area contributed by atoms with E-state index < -0.39 is 0 Å². The largest absolute Gasteiger partial charge is 0.375 e. The summed E-state index contributed by atoms with van der Waals surface area (Å²) >= 11 is 0. The maximum Gasteiger partial charge on any atom is 0.270 e. The highest BCUT2D eigenvalue weighted by molar-refractivity contribution is 5.94. The van der Waals surface area contributed by atoms with Crippen LogP contribution >= 0.6 is 0 Å². The molecule has 3 heterocycles. The Morgan fingerprint density at radius 3 is 2.96 bits per heavy atom. The normalized spacial score (nSPS) is 21.5. The molecule has 1 saturated heterocycles. The Morgan fingerprint density at radius 2 is 2.27 bits per heavy atom. The number of amides is 1. The van der Waals surface area contributed by atoms with E-state index >= 15 is 0 Å². The first kappa shape index (κ1) is 17.0. The van der Waals surface area contributed by atoms with E-state index in [2.05, 4.69) is 27.2 Å². The highest BCUT2D eigenvalue weighted by Gasteiger charge is 2.44. The number of nitrogens with zero attached hydrogens (tertiary/aromatic N) is 4. The summed E-state index contributed by atoms with van der Waals surface area (Å²) in [5.74, 6) is -0.110. The predicted molar refractivity (Wildman–Crippen MR) is 98.2 cm³/mol. The van der Waals surface area contributed by atoms with Crippen LogP contribution in [-0.2, 0) is 18.2 Å². The van der Waals surface area contributed by atoms with Crippen molar-refractivity contribution in [2.24, 2.45) is 7.05 Å². The molecule has 0 aromatic carbocycles. The van der Waals surface area contributed by atoms with Gasteiger partial charge in [0.2, 0.25) is 0 Å². The average Bonchev–Trinajstić information content (AvgIpc) is 3.26. The summed E-state index contributed by atoms with van der Waals surface area (Å²) in [4.78, 5) is 19.3. The van der Waals surface area contributed by atoms with Gasteiger partial charge in [-0.15, -0.1) is 0 Å². The molecule has 1 atom stereocenters. The zero-order valence-corrected chi connectivity index (χ0v) is 15.3. The van der Waals surface area contributed by atoms with Crippen LogP contribution in [0.5, 0.6) is 0 Å². The average molecular weight is 355 g/mol. The third-order valence-electron chi connectivity index (χ3n) is 5.10. The fourth-order valence-electron chi connectivity index (χ4n) is 3.50. The van der Waals surface area contributed by atoms with Crippen molar-refractivity contribution in [2.75, 3.05) is 24.6 Å². The number of anilines is 1. The van der Waals surface area contributed by atoms with Crippen LogP contribution in [0.1, 0.15) is 35.9 Å². The molecule has 2 aliphatic rings. The second-order valence-electron chi connectivity index (χ2n) is 7.42. The Balaban J connectivity index is 1.44. The molecule has 1 aliphatic carbocycles. The van der Waals surface area contributed by atoms with Crippen molar-refractivity contribution in [3.05, 3.63) is 42.0 Å². The van der Waals surface area contributed by atoms with Crippen molar-refractivity contribution in [3.8, 4) is 0 Å². The Hall–Kier alpha value is -2.41. The summed E-state index contributed by atoms with van der Waals surface area (Å²) < 4.78 is 7.39. The number of aryl methyl sites for hydroxylation is 1. The molecular formula is C19H25N5O2. The van der Waals surface area contributed by atoms with E-state index in [0.29, 0.717) is 12.3 Å². The van der Waals surface area contributed by atoms with Crippen molar-refractivity contribution in [3.63, 3.8) is 0 Å². The number of rotatable bonds is 5. The lowest BCUT2D eigenvalue weighted by Gasteiger charge is -2.33. The third kappa shape index (κ3) is 3.72. The van der Waals surface area contributed by atoms with Gasteiger partial charge in [0.15, 0.2) is 0 Å². The van der Waals surface area contributed by atoms with E-state index in [-0.39, 0.29) is 17.6 Å². The van der Waals surface area contributed by atoms with Crippen molar-refractivity contribution >= 4 is 11.6 Å². The topological polar surface area (TPSA) is 72.3 Å². The third-order valence-corrected chi connectivity index (χ3v) is 5.10. The fourth-order valence-corrected chi connectivity index (χ4v) is 3.50. The minimum atomic E-state index is -0.170. The van der Waals surface area contributed by atoms with Crippen molar-refractivity contribution in [1.29, 1.82) is 0 Å². The van der Waals surface area contributed by atoms with E-state index in [9.17, 15) is 4.79 Å². The Morgan fingerprint density at radius 1 is 1.42 bits per heavy atom. The minimum absolute atomic E-state index is 0.110. The number of pyridine rings is 1. The highest BCUT2D eigenvalue weighted by Crippen LogP contribution is 2.38. The molecule has 1 amide bonds. The van der Waals surface area contributed by atoms with Gasteiger partial charge in [0.1, 0.15) is 5.69 Å². The van der Waals surface area contributed by atoms with Gasteiger partial charge in [-0.3, -0.25) is 14.5 Å². The molecule has 2 aromatic rings. The second kappa shape index (κ2) is 6.72. The lowest BCUT2D eigenvalue weighted by Crippen LogP contribution is -2.41. The van der Waals surface area contributed by atoms with Gasteiger partial charge in [0, 0.05) is 50.2 Å². The molecule has 2 fully saturated rings. The molecular weight excluding hydrogens is 330 g/mol. The van der Waals surface area contributed by atoms with Crippen LogP contribution in [-0.4, -0.2) is 52.0 Å². The van der Waals surface area contributed by atoms with Crippen LogP contribution in [0.15, 0.2) is 30.6 Å². The molecule has 0 radical (unpaired) electrons. The van der Waals surface area contributed by atoms with Crippen LogP contribution < -0.4 is 10.2 Å². The molecule has 0 spiro atoms. The van der Waals surface area contributed by atoms with Gasteiger partial charge in [-0.25, -0.2) is 0 Å². The maximum atomic E-state index is 12.8. The number of nitrogens with one attached hydrogen (secondary N) is 1. The van der Waals surface area contributed by atoms with Gasteiger partial charge in [0.05, 0.1) is 18.4 Å². The van der Waals surface area contributed by atoms with E-state index in [1.807, 2.05) is 31.4 Å². The van der Waals surface area contributed by atoms with Gasteiger partial charge in [-0.2, -0.15) is 5.10 Å². The second-order valence-corrected chi connectivity index (χ2v) is 7.42. The summed E-state index contributed by atoms with van der Waals surface area (Å²) in [7, 11) is 1.91. The Bertz CT molecular complexity index is 799. The van der Waals surface area contributed by atoms with Crippen molar-refractivity contribution in [1.82, 2.24) is 20.1 Å². The quantitative estimate of drug-likeness (QED) is 0.881. The number of aromatic nitrogens is 3. The molecule has 1 saturated carbocycles. The van der Waals surface area contributed by atoms with Gasteiger partial charge in [-0.05, 0) is 38.0 Å². The molecule has 2 aromatic heterocycles. The maximum absolute atomic E-state index is 12.8. The number of carbonyl (C=O) groups excluding carboxylic acids is 1. The molecule has 26 heavy (non-hydrogen) atoms. The van der Waals surface area contributed by atoms with Crippen LogP contribution in [0.4, 0.5) is 5.69 Å². The molecule has 4 rings (SSSR count). The minimum Gasteiger partial charge on any atom is -0.375 e. The van der Waals surface area contributed by atoms with Crippen LogP contribution in [0.2, 0.25) is 0 Å². The molecule has 7 heteroatoms. The summed E-state index contributed by atoms with van der Waals surface area (Å²) in [5.41, 5.74) is 2.33. The Labute approximate surface area is 153 Å². The zero-order chi connectivity index (χ0) is 18.1. The van der Waals surface area contributed by atoms with Crippen LogP contribution in [0.3, 0.4) is 0 Å². The van der Waals surface area contributed by atoms with Crippen molar-refractivity contribution in [2.45, 2.75) is 37.8 Å². The first-order chi connectivity index (χ1) is 12.5. The first-order valence-electron chi connectivity index (χ1n) is 9.17. The number of ether oxygens (including phenoxy) is 1. The Kier molecular flexibility index (Phi) is 4.40. The summed E-state index contributed by atoms with van der Waals surface area (Å²) in [5, 5.41) is 7.62. The summed E-state index contributed by atoms with van der Waals surface area (Å²) in [6.45, 7) is 4.43. The smallest absolute Gasteiger partial charge is 0.270 e. The lowest BCUT2D eigenvalue weighted by atomic mass is 10.1. The number of hydrogen-bond donors (Lipinski definition) is 1. The van der Waals surface area contributed by atoms with Crippen molar-refractivity contribution < 1.29 is 9.53 Å². The summed E-state index contributed by atoms with van der Waals surface area (Å²) in [6.07, 6.45) is 6.57. The van der Waals surface area contributed by atoms with Gasteiger partial charge < -0.3 is 15.0 Å². The van der Waals surface area contributed by atoms with E-state index in [0.717, 1.165) is 43.7 Å².